The molecule has 0 atom stereocenters. The zero-order chi connectivity index (χ0) is 16.9. The van der Waals surface area contributed by atoms with Crippen LogP contribution in [0.4, 0.5) is 11.4 Å². The fourth-order valence-corrected chi connectivity index (χ4v) is 1.83. The van der Waals surface area contributed by atoms with Crippen molar-refractivity contribution in [2.45, 2.75) is 6.92 Å². The molecular formula is C15H20N2O5. The summed E-state index contributed by atoms with van der Waals surface area (Å²) in [5, 5.41) is 0. The molecule has 0 spiro atoms. The van der Waals surface area contributed by atoms with Crippen LogP contribution in [0.5, 0.6) is 0 Å². The molecule has 7 nitrogen and oxygen atoms in total. The Kier molecular flexibility index (Phi) is 6.06. The van der Waals surface area contributed by atoms with E-state index in [0.717, 1.165) is 0 Å². The quantitative estimate of drug-likeness (QED) is 0.760. The lowest BCUT2D eigenvalue weighted by Crippen LogP contribution is -2.31. The van der Waals surface area contributed by atoms with Crippen LogP contribution in [0.3, 0.4) is 0 Å². The lowest BCUT2D eigenvalue weighted by atomic mass is 10.1. The first-order valence-corrected chi connectivity index (χ1v) is 6.55. The van der Waals surface area contributed by atoms with E-state index >= 15 is 0 Å². The first-order valence-electron chi connectivity index (χ1n) is 6.55. The van der Waals surface area contributed by atoms with Gasteiger partial charge in [0.25, 0.3) is 5.91 Å². The van der Waals surface area contributed by atoms with Gasteiger partial charge in [-0.3, -0.25) is 9.59 Å². The Morgan fingerprint density at radius 2 is 1.73 bits per heavy atom. The number of methoxy groups -OCH3 is 2. The van der Waals surface area contributed by atoms with E-state index in [1.165, 1.54) is 44.1 Å². The SMILES string of the molecule is COCC(=O)N(C)c1cc(N(C)C(C)=O)ccc1C(=O)OC. The molecule has 0 fully saturated rings. The van der Waals surface area contributed by atoms with E-state index in [2.05, 4.69) is 0 Å². The van der Waals surface area contributed by atoms with Crippen molar-refractivity contribution < 1.29 is 23.9 Å². The molecule has 0 unspecified atom stereocenters. The molecule has 0 radical (unpaired) electrons. The highest BCUT2D eigenvalue weighted by molar-refractivity contribution is 6.04. The van der Waals surface area contributed by atoms with Crippen LogP contribution in [0.25, 0.3) is 0 Å². The third kappa shape index (κ3) is 3.82. The Morgan fingerprint density at radius 3 is 2.23 bits per heavy atom. The summed E-state index contributed by atoms with van der Waals surface area (Å²) in [6.07, 6.45) is 0. The average molecular weight is 308 g/mol. The van der Waals surface area contributed by atoms with E-state index in [-0.39, 0.29) is 24.0 Å². The van der Waals surface area contributed by atoms with Gasteiger partial charge < -0.3 is 19.3 Å². The topological polar surface area (TPSA) is 76.2 Å². The molecule has 0 heterocycles. The highest BCUT2D eigenvalue weighted by Crippen LogP contribution is 2.27. The van der Waals surface area contributed by atoms with Crippen LogP contribution in [0, 0.1) is 0 Å². The van der Waals surface area contributed by atoms with Gasteiger partial charge in [0.1, 0.15) is 6.61 Å². The van der Waals surface area contributed by atoms with Crippen molar-refractivity contribution in [2.75, 3.05) is 44.7 Å². The number of amides is 2. The summed E-state index contributed by atoms with van der Waals surface area (Å²) in [6, 6.07) is 4.72. The second-order valence-electron chi connectivity index (χ2n) is 4.66. The van der Waals surface area contributed by atoms with Crippen LogP contribution in [-0.2, 0) is 19.1 Å². The van der Waals surface area contributed by atoms with Gasteiger partial charge in [-0.25, -0.2) is 4.79 Å². The maximum atomic E-state index is 12.0. The van der Waals surface area contributed by atoms with Crippen LogP contribution in [-0.4, -0.2) is 52.7 Å². The summed E-state index contributed by atoms with van der Waals surface area (Å²) < 4.78 is 9.54. The van der Waals surface area contributed by atoms with Gasteiger partial charge >= 0.3 is 5.97 Å². The van der Waals surface area contributed by atoms with Gasteiger partial charge in [0.15, 0.2) is 0 Å². The number of carbonyl (C=O) groups excluding carboxylic acids is 3. The molecule has 2 amide bonds. The van der Waals surface area contributed by atoms with Crippen molar-refractivity contribution in [3.63, 3.8) is 0 Å². The molecule has 7 heteroatoms. The molecule has 0 aliphatic rings. The molecule has 0 saturated carbocycles. The van der Waals surface area contributed by atoms with Crippen LogP contribution in [0.15, 0.2) is 18.2 Å². The van der Waals surface area contributed by atoms with Crippen LogP contribution >= 0.6 is 0 Å². The van der Waals surface area contributed by atoms with E-state index < -0.39 is 5.97 Å². The van der Waals surface area contributed by atoms with Crippen LogP contribution in [0.2, 0.25) is 0 Å². The minimum absolute atomic E-state index is 0.121. The second-order valence-corrected chi connectivity index (χ2v) is 4.66. The van der Waals surface area contributed by atoms with Crippen molar-refractivity contribution in [2.24, 2.45) is 0 Å². The van der Waals surface area contributed by atoms with E-state index in [1.54, 1.807) is 19.2 Å². The Balaban J connectivity index is 3.34. The lowest BCUT2D eigenvalue weighted by molar-refractivity contribution is -0.121. The van der Waals surface area contributed by atoms with Crippen molar-refractivity contribution >= 4 is 29.2 Å². The number of benzene rings is 1. The Hall–Kier alpha value is -2.41. The van der Waals surface area contributed by atoms with Gasteiger partial charge in [-0.05, 0) is 18.2 Å². The highest BCUT2D eigenvalue weighted by atomic mass is 16.5. The molecule has 1 aromatic carbocycles. The fraction of sp³-hybridized carbons (Fsp3) is 0.400. The van der Waals surface area contributed by atoms with E-state index in [9.17, 15) is 14.4 Å². The first kappa shape index (κ1) is 17.6. The number of anilines is 2. The van der Waals surface area contributed by atoms with E-state index in [4.69, 9.17) is 9.47 Å². The molecule has 22 heavy (non-hydrogen) atoms. The summed E-state index contributed by atoms with van der Waals surface area (Å²) >= 11 is 0. The number of hydrogen-bond donors (Lipinski definition) is 0. The van der Waals surface area contributed by atoms with Crippen molar-refractivity contribution in [1.82, 2.24) is 0 Å². The number of likely N-dealkylation sites (N-methyl/N-ethyl adjacent to an activating group) is 1. The average Bonchev–Trinajstić information content (AvgIpc) is 2.52. The number of ether oxygens (including phenoxy) is 2. The normalized spacial score (nSPS) is 10.0. The maximum absolute atomic E-state index is 12.0. The van der Waals surface area contributed by atoms with E-state index in [1.807, 2.05) is 0 Å². The summed E-state index contributed by atoms with van der Waals surface area (Å²) in [6.45, 7) is 1.30. The summed E-state index contributed by atoms with van der Waals surface area (Å²) in [7, 11) is 5.81. The first-order chi connectivity index (χ1) is 10.3. The molecule has 0 aromatic heterocycles. The Labute approximate surface area is 129 Å². The fourth-order valence-electron chi connectivity index (χ4n) is 1.83. The van der Waals surface area contributed by atoms with Gasteiger partial charge in [0, 0.05) is 33.8 Å². The van der Waals surface area contributed by atoms with Crippen molar-refractivity contribution in [1.29, 1.82) is 0 Å². The maximum Gasteiger partial charge on any atom is 0.339 e. The largest absolute Gasteiger partial charge is 0.465 e. The third-order valence-corrected chi connectivity index (χ3v) is 3.25. The Bertz CT molecular complexity index is 585. The van der Waals surface area contributed by atoms with Crippen LogP contribution in [0.1, 0.15) is 17.3 Å². The van der Waals surface area contributed by atoms with Gasteiger partial charge in [0.2, 0.25) is 5.91 Å². The molecule has 120 valence electrons. The Morgan fingerprint density at radius 1 is 1.09 bits per heavy atom. The second kappa shape index (κ2) is 7.56. The third-order valence-electron chi connectivity index (χ3n) is 3.25. The minimum atomic E-state index is -0.566. The van der Waals surface area contributed by atoms with Gasteiger partial charge in [-0.2, -0.15) is 0 Å². The van der Waals surface area contributed by atoms with Gasteiger partial charge in [0.05, 0.1) is 18.4 Å². The highest BCUT2D eigenvalue weighted by Gasteiger charge is 2.21. The monoisotopic (exact) mass is 308 g/mol. The number of carbonyl (C=O) groups is 3. The van der Waals surface area contributed by atoms with Crippen molar-refractivity contribution in [3.05, 3.63) is 23.8 Å². The standard InChI is InChI=1S/C15H20N2O5/c1-10(18)16(2)11-6-7-12(15(20)22-5)13(8-11)17(3)14(19)9-21-4/h6-8H,9H2,1-5H3. The summed E-state index contributed by atoms with van der Waals surface area (Å²) in [4.78, 5) is 38.0. The number of rotatable bonds is 5. The lowest BCUT2D eigenvalue weighted by Gasteiger charge is -2.23. The van der Waals surface area contributed by atoms with E-state index in [0.29, 0.717) is 11.4 Å². The van der Waals surface area contributed by atoms with Gasteiger partial charge in [-0.15, -0.1) is 0 Å². The molecule has 0 saturated heterocycles. The van der Waals surface area contributed by atoms with Crippen LogP contribution < -0.4 is 9.80 Å². The number of nitrogens with zero attached hydrogens (tertiary/aromatic N) is 2. The summed E-state index contributed by atoms with van der Waals surface area (Å²) in [5.41, 5.74) is 1.14. The van der Waals surface area contributed by atoms with Crippen molar-refractivity contribution in [3.8, 4) is 0 Å². The molecule has 1 aromatic rings. The van der Waals surface area contributed by atoms with Gasteiger partial charge in [-0.1, -0.05) is 0 Å². The zero-order valence-corrected chi connectivity index (χ0v) is 13.4. The minimum Gasteiger partial charge on any atom is -0.465 e. The zero-order valence-electron chi connectivity index (χ0n) is 13.4. The smallest absolute Gasteiger partial charge is 0.339 e. The predicted octanol–water partition coefficient (Wildman–Crippen LogP) is 1.07. The molecular weight excluding hydrogens is 288 g/mol. The number of esters is 1. The molecule has 0 bridgehead atoms. The summed E-state index contributed by atoms with van der Waals surface area (Å²) in [5.74, 6) is -1.05. The number of hydrogen-bond acceptors (Lipinski definition) is 5. The molecule has 0 aliphatic carbocycles. The molecule has 0 N–H and O–H groups in total. The predicted molar refractivity (Wildman–Crippen MR) is 82.2 cm³/mol. The molecule has 1 rings (SSSR count). The molecule has 0 aliphatic heterocycles.